The highest BCUT2D eigenvalue weighted by atomic mass is 19.4. The van der Waals surface area contributed by atoms with E-state index in [-0.39, 0.29) is 11.8 Å². The molecule has 1 aromatic heterocycles. The summed E-state index contributed by atoms with van der Waals surface area (Å²) < 4.78 is 38.4. The second-order valence-electron chi connectivity index (χ2n) is 4.50. The second-order valence-corrected chi connectivity index (χ2v) is 4.50. The Bertz CT molecular complexity index is 616. The summed E-state index contributed by atoms with van der Waals surface area (Å²) in [4.78, 5) is 13.6. The van der Waals surface area contributed by atoms with Crippen LogP contribution >= 0.6 is 0 Å². The number of benzene rings is 1. The average molecular weight is 271 g/mol. The van der Waals surface area contributed by atoms with E-state index in [0.29, 0.717) is 11.2 Å². The van der Waals surface area contributed by atoms with Gasteiger partial charge in [-0.2, -0.15) is 13.2 Å². The molecule has 0 spiro atoms. The lowest BCUT2D eigenvalue weighted by atomic mass is 10.1. The summed E-state index contributed by atoms with van der Waals surface area (Å²) in [6.07, 6.45) is -4.25. The van der Waals surface area contributed by atoms with Crippen molar-refractivity contribution in [1.29, 1.82) is 0 Å². The van der Waals surface area contributed by atoms with E-state index in [1.807, 2.05) is 0 Å². The first-order valence-corrected chi connectivity index (χ1v) is 5.69. The molecule has 6 heteroatoms. The molecule has 0 saturated carbocycles. The van der Waals surface area contributed by atoms with Gasteiger partial charge in [0.1, 0.15) is 0 Å². The van der Waals surface area contributed by atoms with Crippen LogP contribution in [0.3, 0.4) is 0 Å². The molecule has 102 valence electrons. The van der Waals surface area contributed by atoms with Crippen LogP contribution in [-0.2, 0) is 17.4 Å². The highest BCUT2D eigenvalue weighted by Gasteiger charge is 2.32. The number of halogens is 3. The SMILES string of the molecule is CC(Cc1cc2c(C(F)(F)F)cccc2[nH]1)C(=O)O. The summed E-state index contributed by atoms with van der Waals surface area (Å²) in [5.74, 6) is -1.63. The van der Waals surface area contributed by atoms with Crippen LogP contribution in [0.25, 0.3) is 10.9 Å². The fourth-order valence-corrected chi connectivity index (χ4v) is 1.99. The minimum atomic E-state index is -4.42. The predicted molar refractivity (Wildman–Crippen MR) is 63.8 cm³/mol. The minimum absolute atomic E-state index is 0.0718. The molecule has 2 aromatic rings. The maximum absolute atomic E-state index is 12.8. The Balaban J connectivity index is 2.43. The number of aliphatic carboxylic acids is 1. The van der Waals surface area contributed by atoms with Crippen molar-refractivity contribution in [2.75, 3.05) is 0 Å². The van der Waals surface area contributed by atoms with E-state index in [9.17, 15) is 18.0 Å². The summed E-state index contributed by atoms with van der Waals surface area (Å²) in [6.45, 7) is 1.51. The van der Waals surface area contributed by atoms with Gasteiger partial charge in [-0.25, -0.2) is 0 Å². The molecule has 1 unspecified atom stereocenters. The molecule has 0 saturated heterocycles. The van der Waals surface area contributed by atoms with Crippen molar-refractivity contribution in [2.45, 2.75) is 19.5 Å². The van der Waals surface area contributed by atoms with Crippen molar-refractivity contribution in [3.63, 3.8) is 0 Å². The Morgan fingerprint density at radius 3 is 2.68 bits per heavy atom. The first-order chi connectivity index (χ1) is 8.79. The fraction of sp³-hybridized carbons (Fsp3) is 0.308. The molecule has 0 aliphatic heterocycles. The molecule has 2 rings (SSSR count). The molecule has 1 heterocycles. The van der Waals surface area contributed by atoms with Crippen LogP contribution in [0.1, 0.15) is 18.2 Å². The van der Waals surface area contributed by atoms with Crippen LogP contribution in [-0.4, -0.2) is 16.1 Å². The number of H-pyrrole nitrogens is 1. The predicted octanol–water partition coefficient (Wildman–Crippen LogP) is 3.45. The smallest absolute Gasteiger partial charge is 0.417 e. The molecule has 0 bridgehead atoms. The van der Waals surface area contributed by atoms with E-state index in [1.54, 1.807) is 6.07 Å². The number of fused-ring (bicyclic) bond motifs is 1. The third kappa shape index (κ3) is 2.72. The minimum Gasteiger partial charge on any atom is -0.481 e. The molecule has 19 heavy (non-hydrogen) atoms. The van der Waals surface area contributed by atoms with Crippen molar-refractivity contribution in [3.8, 4) is 0 Å². The van der Waals surface area contributed by atoms with Crippen molar-refractivity contribution in [2.24, 2.45) is 5.92 Å². The van der Waals surface area contributed by atoms with Crippen molar-refractivity contribution in [1.82, 2.24) is 4.98 Å². The van der Waals surface area contributed by atoms with Gasteiger partial charge >= 0.3 is 12.1 Å². The second kappa shape index (κ2) is 4.60. The number of hydrogen-bond acceptors (Lipinski definition) is 1. The average Bonchev–Trinajstić information content (AvgIpc) is 2.68. The van der Waals surface area contributed by atoms with E-state index >= 15 is 0 Å². The van der Waals surface area contributed by atoms with E-state index in [4.69, 9.17) is 5.11 Å². The molecule has 3 nitrogen and oxygen atoms in total. The monoisotopic (exact) mass is 271 g/mol. The van der Waals surface area contributed by atoms with Crippen LogP contribution in [0.15, 0.2) is 24.3 Å². The Morgan fingerprint density at radius 1 is 1.42 bits per heavy atom. The zero-order chi connectivity index (χ0) is 14.2. The number of nitrogens with one attached hydrogen (secondary N) is 1. The summed E-state index contributed by atoms with van der Waals surface area (Å²) in [5.41, 5.74) is 0.138. The van der Waals surface area contributed by atoms with Crippen molar-refractivity contribution < 1.29 is 23.1 Å². The number of hydrogen-bond donors (Lipinski definition) is 2. The van der Waals surface area contributed by atoms with Gasteiger partial charge in [-0.05, 0) is 18.2 Å². The van der Waals surface area contributed by atoms with Gasteiger partial charge < -0.3 is 10.1 Å². The number of carboxylic acid groups (broad SMARTS) is 1. The zero-order valence-electron chi connectivity index (χ0n) is 10.1. The quantitative estimate of drug-likeness (QED) is 0.898. The third-order valence-corrected chi connectivity index (χ3v) is 2.97. The lowest BCUT2D eigenvalue weighted by Gasteiger charge is -2.06. The van der Waals surface area contributed by atoms with Gasteiger partial charge in [0.15, 0.2) is 0 Å². The molecular formula is C13H12F3NO2. The molecule has 1 atom stereocenters. The molecular weight excluding hydrogens is 259 g/mol. The van der Waals surface area contributed by atoms with Crippen LogP contribution in [0.2, 0.25) is 0 Å². The number of aromatic nitrogens is 1. The first kappa shape index (κ1) is 13.5. The highest BCUT2D eigenvalue weighted by molar-refractivity contribution is 5.84. The Morgan fingerprint density at radius 2 is 2.11 bits per heavy atom. The van der Waals surface area contributed by atoms with Crippen LogP contribution < -0.4 is 0 Å². The summed E-state index contributed by atoms with van der Waals surface area (Å²) in [6, 6.07) is 5.25. The summed E-state index contributed by atoms with van der Waals surface area (Å²) in [5, 5.41) is 8.88. The lowest BCUT2D eigenvalue weighted by Crippen LogP contribution is -2.12. The van der Waals surface area contributed by atoms with E-state index in [0.717, 1.165) is 6.07 Å². The number of carbonyl (C=O) groups is 1. The highest BCUT2D eigenvalue weighted by Crippen LogP contribution is 2.35. The molecule has 2 N–H and O–H groups in total. The standard InChI is InChI=1S/C13H12F3NO2/c1-7(12(18)19)5-8-6-9-10(13(14,15)16)3-2-4-11(9)17-8/h2-4,6-7,17H,5H2,1H3,(H,18,19). The van der Waals surface area contributed by atoms with Gasteiger partial charge in [0.2, 0.25) is 0 Å². The third-order valence-electron chi connectivity index (χ3n) is 2.97. The Labute approximate surface area is 107 Å². The zero-order valence-corrected chi connectivity index (χ0v) is 10.1. The van der Waals surface area contributed by atoms with E-state index < -0.39 is 23.6 Å². The van der Waals surface area contributed by atoms with Gasteiger partial charge in [-0.15, -0.1) is 0 Å². The van der Waals surface area contributed by atoms with E-state index in [2.05, 4.69) is 4.98 Å². The fourth-order valence-electron chi connectivity index (χ4n) is 1.99. The van der Waals surface area contributed by atoms with Gasteiger partial charge in [0.05, 0.1) is 11.5 Å². The number of carboxylic acids is 1. The molecule has 0 radical (unpaired) electrons. The van der Waals surface area contributed by atoms with E-state index in [1.165, 1.54) is 19.1 Å². The maximum Gasteiger partial charge on any atom is 0.417 e. The molecule has 0 aliphatic rings. The van der Waals surface area contributed by atoms with Crippen molar-refractivity contribution >= 4 is 16.9 Å². The number of rotatable bonds is 3. The number of aromatic amines is 1. The largest absolute Gasteiger partial charge is 0.481 e. The van der Waals surface area contributed by atoms with Gasteiger partial charge in [-0.3, -0.25) is 4.79 Å². The molecule has 1 aromatic carbocycles. The van der Waals surface area contributed by atoms with Crippen LogP contribution in [0, 0.1) is 5.92 Å². The van der Waals surface area contributed by atoms with Crippen LogP contribution in [0.4, 0.5) is 13.2 Å². The first-order valence-electron chi connectivity index (χ1n) is 5.69. The van der Waals surface area contributed by atoms with Crippen molar-refractivity contribution in [3.05, 3.63) is 35.5 Å². The summed E-state index contributed by atoms with van der Waals surface area (Å²) in [7, 11) is 0. The number of alkyl halides is 3. The van der Waals surface area contributed by atoms with Crippen LogP contribution in [0.5, 0.6) is 0 Å². The van der Waals surface area contributed by atoms with Gasteiger partial charge in [0.25, 0.3) is 0 Å². The van der Waals surface area contributed by atoms with Gasteiger partial charge in [0, 0.05) is 23.0 Å². The normalized spacial score (nSPS) is 13.7. The Hall–Kier alpha value is -1.98. The molecule has 0 amide bonds. The molecule has 0 fully saturated rings. The lowest BCUT2D eigenvalue weighted by molar-refractivity contribution is -0.141. The topological polar surface area (TPSA) is 53.1 Å². The Kier molecular flexibility index (Phi) is 3.26. The molecule has 0 aliphatic carbocycles. The maximum atomic E-state index is 12.8. The van der Waals surface area contributed by atoms with Gasteiger partial charge in [-0.1, -0.05) is 13.0 Å². The summed E-state index contributed by atoms with van der Waals surface area (Å²) >= 11 is 0.